The highest BCUT2D eigenvalue weighted by Crippen LogP contribution is 2.16. The molecule has 2 nitrogen and oxygen atoms in total. The molecule has 0 aliphatic heterocycles. The second-order valence-electron chi connectivity index (χ2n) is 4.19. The van der Waals surface area contributed by atoms with Gasteiger partial charge in [0.1, 0.15) is 0 Å². The smallest absolute Gasteiger partial charge is 0.176 e. The Labute approximate surface area is 120 Å². The summed E-state index contributed by atoms with van der Waals surface area (Å²) in [5.74, 6) is -0.100. The van der Waals surface area contributed by atoms with Gasteiger partial charge in [0.05, 0.1) is 4.83 Å². The average Bonchev–Trinajstić information content (AvgIpc) is 2.48. The number of benzene rings is 2. The molecule has 2 rings (SSSR count). The van der Waals surface area contributed by atoms with E-state index in [4.69, 9.17) is 0 Å². The zero-order valence-corrected chi connectivity index (χ0v) is 11.8. The molecule has 0 radical (unpaired) electrons. The molecule has 2 aromatic carbocycles. The van der Waals surface area contributed by atoms with Crippen molar-refractivity contribution in [3.05, 3.63) is 71.8 Å². The Morgan fingerprint density at radius 1 is 0.842 bits per heavy atom. The summed E-state index contributed by atoms with van der Waals surface area (Å²) in [7, 11) is 0. The Kier molecular flexibility index (Phi) is 4.63. The Morgan fingerprint density at radius 2 is 1.32 bits per heavy atom. The number of Topliss-reactive ketones (excluding diaryl/α,β-unsaturated/α-hetero) is 2. The van der Waals surface area contributed by atoms with Gasteiger partial charge in [-0.15, -0.1) is 0 Å². The first-order valence-electron chi connectivity index (χ1n) is 6.00. The number of hydrogen-bond acceptors (Lipinski definition) is 2. The number of halogens is 1. The van der Waals surface area contributed by atoms with Crippen LogP contribution in [0.2, 0.25) is 0 Å². The first kappa shape index (κ1) is 13.7. The minimum Gasteiger partial charge on any atom is -0.294 e. The second-order valence-corrected chi connectivity index (χ2v) is 5.30. The zero-order valence-electron chi connectivity index (χ0n) is 10.3. The fourth-order valence-corrected chi connectivity index (χ4v) is 2.34. The summed E-state index contributed by atoms with van der Waals surface area (Å²) in [6.07, 6.45) is 0.164. The van der Waals surface area contributed by atoms with Gasteiger partial charge in [-0.05, 0) is 0 Å². The van der Waals surface area contributed by atoms with Crippen molar-refractivity contribution >= 4 is 27.5 Å². The predicted octanol–water partition coefficient (Wildman–Crippen LogP) is 3.91. The van der Waals surface area contributed by atoms with Gasteiger partial charge in [-0.2, -0.15) is 0 Å². The van der Waals surface area contributed by atoms with Crippen LogP contribution in [0, 0.1) is 0 Å². The highest BCUT2D eigenvalue weighted by Gasteiger charge is 2.20. The number of carbonyl (C=O) groups is 2. The molecular formula is C16H13BrO2. The number of ketones is 2. The second kappa shape index (κ2) is 6.43. The number of carbonyl (C=O) groups excluding carboxylic acids is 2. The van der Waals surface area contributed by atoms with Gasteiger partial charge in [0, 0.05) is 17.5 Å². The summed E-state index contributed by atoms with van der Waals surface area (Å²) < 4.78 is 0. The molecule has 0 aromatic heterocycles. The highest BCUT2D eigenvalue weighted by atomic mass is 79.9. The van der Waals surface area contributed by atoms with Gasteiger partial charge in [0.15, 0.2) is 11.6 Å². The first-order chi connectivity index (χ1) is 9.18. The van der Waals surface area contributed by atoms with Crippen LogP contribution in [0.25, 0.3) is 0 Å². The number of rotatable bonds is 5. The van der Waals surface area contributed by atoms with Gasteiger partial charge in [0.2, 0.25) is 0 Å². The van der Waals surface area contributed by atoms with Crippen molar-refractivity contribution in [2.24, 2.45) is 0 Å². The topological polar surface area (TPSA) is 34.1 Å². The minimum atomic E-state index is -0.484. The van der Waals surface area contributed by atoms with Crippen molar-refractivity contribution < 1.29 is 9.59 Å². The Balaban J connectivity index is 2.04. The SMILES string of the molecule is O=C(C[C@@H](Br)C(=O)c1ccccc1)c1ccccc1. The lowest BCUT2D eigenvalue weighted by molar-refractivity contribution is 0.0926. The molecule has 0 aliphatic rings. The van der Waals surface area contributed by atoms with Crippen LogP contribution in [0.3, 0.4) is 0 Å². The normalized spacial score (nSPS) is 11.8. The van der Waals surface area contributed by atoms with E-state index in [0.29, 0.717) is 11.1 Å². The fraction of sp³-hybridized carbons (Fsp3) is 0.125. The van der Waals surface area contributed by atoms with Gasteiger partial charge in [-0.3, -0.25) is 9.59 Å². The fourth-order valence-electron chi connectivity index (χ4n) is 1.78. The maximum atomic E-state index is 12.1. The lowest BCUT2D eigenvalue weighted by Crippen LogP contribution is -2.18. The molecule has 0 fully saturated rings. The van der Waals surface area contributed by atoms with E-state index in [0.717, 1.165) is 0 Å². The van der Waals surface area contributed by atoms with E-state index in [1.54, 1.807) is 24.3 Å². The summed E-state index contributed by atoms with van der Waals surface area (Å²) in [6, 6.07) is 18.0. The van der Waals surface area contributed by atoms with Gasteiger partial charge < -0.3 is 0 Å². The first-order valence-corrected chi connectivity index (χ1v) is 6.91. The molecule has 96 valence electrons. The van der Waals surface area contributed by atoms with Gasteiger partial charge in [-0.1, -0.05) is 76.6 Å². The third-order valence-corrected chi connectivity index (χ3v) is 3.54. The molecule has 19 heavy (non-hydrogen) atoms. The van der Waals surface area contributed by atoms with E-state index >= 15 is 0 Å². The van der Waals surface area contributed by atoms with Crippen molar-refractivity contribution in [3.63, 3.8) is 0 Å². The lowest BCUT2D eigenvalue weighted by atomic mass is 10.0. The summed E-state index contributed by atoms with van der Waals surface area (Å²) in [4.78, 5) is 23.6. The molecule has 0 unspecified atom stereocenters. The largest absolute Gasteiger partial charge is 0.294 e. The van der Waals surface area contributed by atoms with E-state index in [2.05, 4.69) is 15.9 Å². The van der Waals surface area contributed by atoms with E-state index in [1.807, 2.05) is 36.4 Å². The average molecular weight is 317 g/mol. The van der Waals surface area contributed by atoms with Crippen LogP contribution >= 0.6 is 15.9 Å². The monoisotopic (exact) mass is 316 g/mol. The zero-order chi connectivity index (χ0) is 13.7. The van der Waals surface area contributed by atoms with Crippen molar-refractivity contribution in [1.29, 1.82) is 0 Å². The van der Waals surface area contributed by atoms with Crippen LogP contribution in [-0.2, 0) is 0 Å². The molecule has 0 N–H and O–H groups in total. The molecule has 0 saturated heterocycles. The van der Waals surface area contributed by atoms with E-state index in [9.17, 15) is 9.59 Å². The summed E-state index contributed by atoms with van der Waals surface area (Å²) >= 11 is 3.31. The Hall–Kier alpha value is -1.74. The minimum absolute atomic E-state index is 0.0354. The van der Waals surface area contributed by atoms with Crippen LogP contribution < -0.4 is 0 Å². The molecule has 0 amide bonds. The Bertz CT molecular complexity index is 564. The van der Waals surface area contributed by atoms with Crippen LogP contribution in [0.5, 0.6) is 0 Å². The molecule has 1 atom stereocenters. The Morgan fingerprint density at radius 3 is 1.84 bits per heavy atom. The van der Waals surface area contributed by atoms with Gasteiger partial charge in [-0.25, -0.2) is 0 Å². The third kappa shape index (κ3) is 3.61. The van der Waals surface area contributed by atoms with E-state index in [1.165, 1.54) is 0 Å². The maximum Gasteiger partial charge on any atom is 0.176 e. The van der Waals surface area contributed by atoms with E-state index in [-0.39, 0.29) is 18.0 Å². The molecule has 2 aromatic rings. The molecule has 0 aliphatic carbocycles. The third-order valence-electron chi connectivity index (χ3n) is 2.80. The molecule has 0 saturated carbocycles. The predicted molar refractivity (Wildman–Crippen MR) is 78.9 cm³/mol. The summed E-state index contributed by atoms with van der Waals surface area (Å²) in [5, 5.41) is 0. The number of hydrogen-bond donors (Lipinski definition) is 0. The van der Waals surface area contributed by atoms with Crippen molar-refractivity contribution in [2.75, 3.05) is 0 Å². The highest BCUT2D eigenvalue weighted by molar-refractivity contribution is 9.10. The quantitative estimate of drug-likeness (QED) is 0.619. The summed E-state index contributed by atoms with van der Waals surface area (Å²) in [6.45, 7) is 0. The van der Waals surface area contributed by atoms with Crippen molar-refractivity contribution in [1.82, 2.24) is 0 Å². The maximum absolute atomic E-state index is 12.1. The van der Waals surface area contributed by atoms with E-state index < -0.39 is 4.83 Å². The van der Waals surface area contributed by atoms with Crippen LogP contribution in [-0.4, -0.2) is 16.4 Å². The molecule has 0 bridgehead atoms. The van der Waals surface area contributed by atoms with Gasteiger partial charge in [0.25, 0.3) is 0 Å². The van der Waals surface area contributed by atoms with Gasteiger partial charge >= 0.3 is 0 Å². The molecule has 0 heterocycles. The summed E-state index contributed by atoms with van der Waals surface area (Å²) in [5.41, 5.74) is 1.25. The van der Waals surface area contributed by atoms with Crippen molar-refractivity contribution in [2.45, 2.75) is 11.2 Å². The molecule has 0 spiro atoms. The van der Waals surface area contributed by atoms with Crippen LogP contribution in [0.15, 0.2) is 60.7 Å². The molecular weight excluding hydrogens is 304 g/mol. The van der Waals surface area contributed by atoms with Crippen molar-refractivity contribution in [3.8, 4) is 0 Å². The van der Waals surface area contributed by atoms with Crippen LogP contribution in [0.1, 0.15) is 27.1 Å². The standard InChI is InChI=1S/C16H13BrO2/c17-14(16(19)13-9-5-2-6-10-13)11-15(18)12-7-3-1-4-8-12/h1-10,14H,11H2/t14-/m1/s1. The van der Waals surface area contributed by atoms with Crippen LogP contribution in [0.4, 0.5) is 0 Å². The lowest BCUT2D eigenvalue weighted by Gasteiger charge is -2.08. The molecule has 3 heteroatoms. The number of alkyl halides is 1.